The van der Waals surface area contributed by atoms with Crippen molar-refractivity contribution in [3.63, 3.8) is 0 Å². The molecule has 0 saturated heterocycles. The molecule has 6 rings (SSSR count). The fourth-order valence-corrected chi connectivity index (χ4v) is 5.23. The Morgan fingerprint density at radius 2 is 2.09 bits per heavy atom. The summed E-state index contributed by atoms with van der Waals surface area (Å²) in [7, 11) is 0. The zero-order valence-electron chi connectivity index (χ0n) is 19.6. The van der Waals surface area contributed by atoms with Gasteiger partial charge in [0.15, 0.2) is 0 Å². The minimum atomic E-state index is -0.0376. The van der Waals surface area contributed by atoms with Crippen LogP contribution in [0.3, 0.4) is 0 Å². The molecule has 35 heavy (non-hydrogen) atoms. The van der Waals surface area contributed by atoms with Crippen LogP contribution in [-0.4, -0.2) is 41.9 Å². The fourth-order valence-electron chi connectivity index (χ4n) is 5.23. The number of nitrogens with one attached hydrogen (secondary N) is 2. The summed E-state index contributed by atoms with van der Waals surface area (Å²) in [5, 5.41) is 17.5. The molecule has 2 N–H and O–H groups in total. The predicted octanol–water partition coefficient (Wildman–Crippen LogP) is 4.67. The van der Waals surface area contributed by atoms with E-state index in [0.717, 1.165) is 71.0 Å². The van der Waals surface area contributed by atoms with Crippen molar-refractivity contribution in [1.82, 2.24) is 35.3 Å². The zero-order valence-corrected chi connectivity index (χ0v) is 19.6. The number of H-pyrrole nitrogens is 1. The van der Waals surface area contributed by atoms with Crippen LogP contribution in [0.5, 0.6) is 0 Å². The highest BCUT2D eigenvalue weighted by Crippen LogP contribution is 2.29. The van der Waals surface area contributed by atoms with Crippen LogP contribution < -0.4 is 5.32 Å². The van der Waals surface area contributed by atoms with Crippen LogP contribution in [0.4, 0.5) is 0 Å². The summed E-state index contributed by atoms with van der Waals surface area (Å²) in [5.41, 5.74) is 5.37. The number of amides is 1. The van der Waals surface area contributed by atoms with Gasteiger partial charge in [0.1, 0.15) is 5.69 Å². The van der Waals surface area contributed by atoms with Crippen molar-refractivity contribution in [3.05, 3.63) is 72.4 Å². The summed E-state index contributed by atoms with van der Waals surface area (Å²) in [6.07, 6.45) is 11.5. The summed E-state index contributed by atoms with van der Waals surface area (Å²) in [4.78, 5) is 21.7. The molecular formula is C27H27N7O. The largest absolute Gasteiger partial charge is 0.349 e. The summed E-state index contributed by atoms with van der Waals surface area (Å²) < 4.78 is 2.05. The summed E-state index contributed by atoms with van der Waals surface area (Å²) >= 11 is 0. The number of aryl methyl sites for hydroxylation is 1. The maximum atomic E-state index is 13.2. The van der Waals surface area contributed by atoms with Gasteiger partial charge in [0, 0.05) is 52.6 Å². The fraction of sp³-hybridized carbons (Fsp3) is 0.296. The van der Waals surface area contributed by atoms with Gasteiger partial charge in [-0.05, 0) is 68.5 Å². The average molecular weight is 466 g/mol. The molecule has 0 radical (unpaired) electrons. The van der Waals surface area contributed by atoms with Gasteiger partial charge in [0.25, 0.3) is 5.91 Å². The number of aromatic nitrogens is 6. The molecule has 8 heteroatoms. The highest BCUT2D eigenvalue weighted by molar-refractivity contribution is 6.01. The van der Waals surface area contributed by atoms with Gasteiger partial charge in [-0.3, -0.25) is 24.5 Å². The minimum absolute atomic E-state index is 0.0376. The first-order chi connectivity index (χ1) is 17.1. The number of hydrogen-bond donors (Lipinski definition) is 2. The van der Waals surface area contributed by atoms with Crippen molar-refractivity contribution in [3.8, 4) is 11.3 Å². The molecule has 4 aromatic heterocycles. The molecule has 4 heterocycles. The average Bonchev–Trinajstić information content (AvgIpc) is 3.48. The van der Waals surface area contributed by atoms with Crippen LogP contribution in [0, 0.1) is 12.8 Å². The molecule has 176 valence electrons. The Balaban J connectivity index is 1.17. The van der Waals surface area contributed by atoms with Crippen LogP contribution >= 0.6 is 0 Å². The quantitative estimate of drug-likeness (QED) is 0.393. The first-order valence-corrected chi connectivity index (χ1v) is 12.1. The number of pyridine rings is 2. The number of carbonyl (C=O) groups excluding carboxylic acids is 1. The van der Waals surface area contributed by atoms with E-state index in [1.807, 2.05) is 60.4 Å². The lowest BCUT2D eigenvalue weighted by Gasteiger charge is -2.30. The standard InChI is InChI=1S/C27H27N7O/c1-17-11-19(8-10-29-17)26-23-13-20(5-6-24(23)32-33-26)27(35)31-22-4-2-3-18(12-22)16-34-25-15-28-9-7-21(25)14-30-34/h5-11,13-15,18,22H,2-4,12,16H2,1H3,(H,31,35)(H,32,33). The third-order valence-corrected chi connectivity index (χ3v) is 6.99. The van der Waals surface area contributed by atoms with Crippen molar-refractivity contribution in [2.75, 3.05) is 0 Å². The Morgan fingerprint density at radius 1 is 1.14 bits per heavy atom. The summed E-state index contributed by atoms with van der Waals surface area (Å²) in [6.45, 7) is 2.80. The smallest absolute Gasteiger partial charge is 0.251 e. The van der Waals surface area contributed by atoms with E-state index in [-0.39, 0.29) is 11.9 Å². The lowest BCUT2D eigenvalue weighted by atomic mass is 9.85. The van der Waals surface area contributed by atoms with E-state index in [4.69, 9.17) is 0 Å². The molecular weight excluding hydrogens is 438 g/mol. The molecule has 1 aliphatic rings. The van der Waals surface area contributed by atoms with Crippen LogP contribution in [0.1, 0.15) is 41.7 Å². The van der Waals surface area contributed by atoms with Crippen molar-refractivity contribution >= 4 is 27.7 Å². The summed E-state index contributed by atoms with van der Waals surface area (Å²) in [5.74, 6) is 0.430. The highest BCUT2D eigenvalue weighted by Gasteiger charge is 2.25. The lowest BCUT2D eigenvalue weighted by Crippen LogP contribution is -2.39. The number of aromatic amines is 1. The predicted molar refractivity (Wildman–Crippen MR) is 135 cm³/mol. The molecule has 0 bridgehead atoms. The molecule has 1 aromatic carbocycles. The highest BCUT2D eigenvalue weighted by atomic mass is 16.1. The van der Waals surface area contributed by atoms with Crippen LogP contribution in [0.15, 0.2) is 61.2 Å². The van der Waals surface area contributed by atoms with Gasteiger partial charge in [-0.15, -0.1) is 0 Å². The maximum Gasteiger partial charge on any atom is 0.251 e. The van der Waals surface area contributed by atoms with Crippen LogP contribution in [0.2, 0.25) is 0 Å². The van der Waals surface area contributed by atoms with E-state index in [1.165, 1.54) is 0 Å². The van der Waals surface area contributed by atoms with Gasteiger partial charge in [0.05, 0.1) is 23.4 Å². The first kappa shape index (κ1) is 21.5. The second-order valence-electron chi connectivity index (χ2n) is 9.48. The molecule has 1 aliphatic carbocycles. The SMILES string of the molecule is Cc1cc(-c2n[nH]c3ccc(C(=O)NC4CCCC(Cn5ncc6ccncc65)C4)cc23)ccn1. The van der Waals surface area contributed by atoms with Crippen LogP contribution in [-0.2, 0) is 6.54 Å². The van der Waals surface area contributed by atoms with Gasteiger partial charge in [-0.1, -0.05) is 6.42 Å². The Morgan fingerprint density at radius 3 is 3.00 bits per heavy atom. The maximum absolute atomic E-state index is 13.2. The van der Waals surface area contributed by atoms with Gasteiger partial charge >= 0.3 is 0 Å². The van der Waals surface area contributed by atoms with Gasteiger partial charge in [0.2, 0.25) is 0 Å². The Hall–Kier alpha value is -4.07. The molecule has 1 amide bonds. The number of nitrogens with zero attached hydrogens (tertiary/aromatic N) is 5. The molecule has 5 aromatic rings. The van der Waals surface area contributed by atoms with E-state index >= 15 is 0 Å². The minimum Gasteiger partial charge on any atom is -0.349 e. The summed E-state index contributed by atoms with van der Waals surface area (Å²) in [6, 6.07) is 11.8. The van der Waals surface area contributed by atoms with Gasteiger partial charge < -0.3 is 5.32 Å². The van der Waals surface area contributed by atoms with Crippen molar-refractivity contribution in [2.24, 2.45) is 5.92 Å². The Bertz CT molecular complexity index is 1520. The van der Waals surface area contributed by atoms with Crippen molar-refractivity contribution in [1.29, 1.82) is 0 Å². The van der Waals surface area contributed by atoms with E-state index in [2.05, 4.69) is 30.6 Å². The third-order valence-electron chi connectivity index (χ3n) is 6.99. The van der Waals surface area contributed by atoms with E-state index < -0.39 is 0 Å². The van der Waals surface area contributed by atoms with E-state index in [1.54, 1.807) is 12.4 Å². The molecule has 0 spiro atoms. The molecule has 0 aliphatic heterocycles. The lowest BCUT2D eigenvalue weighted by molar-refractivity contribution is 0.0917. The van der Waals surface area contributed by atoms with E-state index in [9.17, 15) is 4.79 Å². The van der Waals surface area contributed by atoms with Crippen molar-refractivity contribution < 1.29 is 4.79 Å². The second-order valence-corrected chi connectivity index (χ2v) is 9.48. The Labute approximate surface area is 202 Å². The number of hydrogen-bond acceptors (Lipinski definition) is 5. The molecule has 2 atom stereocenters. The number of fused-ring (bicyclic) bond motifs is 2. The van der Waals surface area contributed by atoms with Gasteiger partial charge in [-0.25, -0.2) is 0 Å². The second kappa shape index (κ2) is 8.94. The number of benzene rings is 1. The van der Waals surface area contributed by atoms with Crippen LogP contribution in [0.25, 0.3) is 33.1 Å². The third kappa shape index (κ3) is 4.27. The monoisotopic (exact) mass is 465 g/mol. The van der Waals surface area contributed by atoms with Crippen molar-refractivity contribution in [2.45, 2.75) is 45.2 Å². The zero-order chi connectivity index (χ0) is 23.8. The molecule has 1 fully saturated rings. The topological polar surface area (TPSA) is 101 Å². The normalized spacial score (nSPS) is 18.2. The molecule has 2 unspecified atom stereocenters. The molecule has 1 saturated carbocycles. The number of carbonyl (C=O) groups is 1. The molecule has 8 nitrogen and oxygen atoms in total. The van der Waals surface area contributed by atoms with E-state index in [0.29, 0.717) is 11.5 Å². The Kier molecular flexibility index (Phi) is 5.48. The van der Waals surface area contributed by atoms with Gasteiger partial charge in [-0.2, -0.15) is 10.2 Å². The first-order valence-electron chi connectivity index (χ1n) is 12.1. The number of rotatable bonds is 5.